The molecule has 2 N–H and O–H groups in total. The largest absolute Gasteiger partial charge is 0.395 e. The van der Waals surface area contributed by atoms with Crippen LogP contribution in [0.4, 0.5) is 0 Å². The summed E-state index contributed by atoms with van der Waals surface area (Å²) < 4.78 is 0. The van der Waals surface area contributed by atoms with Gasteiger partial charge in [0, 0.05) is 19.6 Å². The van der Waals surface area contributed by atoms with Crippen LogP contribution in [0, 0.1) is 12.3 Å². The summed E-state index contributed by atoms with van der Waals surface area (Å²) in [5, 5.41) is 18.9. The third-order valence-electron chi connectivity index (χ3n) is 5.63. The van der Waals surface area contributed by atoms with Crippen LogP contribution in [0.15, 0.2) is 24.3 Å². The van der Waals surface area contributed by atoms with Crippen molar-refractivity contribution in [3.8, 4) is 0 Å². The van der Waals surface area contributed by atoms with E-state index >= 15 is 0 Å². The summed E-state index contributed by atoms with van der Waals surface area (Å²) >= 11 is 0. The minimum Gasteiger partial charge on any atom is -0.395 e. The van der Waals surface area contributed by atoms with Crippen LogP contribution in [0.1, 0.15) is 30.4 Å². The van der Waals surface area contributed by atoms with E-state index in [0.29, 0.717) is 5.41 Å². The van der Waals surface area contributed by atoms with E-state index in [4.69, 9.17) is 0 Å². The number of benzene rings is 1. The number of hydrogen-bond donors (Lipinski definition) is 2. The van der Waals surface area contributed by atoms with Crippen LogP contribution in [0.2, 0.25) is 0 Å². The van der Waals surface area contributed by atoms with Crippen molar-refractivity contribution >= 4 is 0 Å². The van der Waals surface area contributed by atoms with E-state index in [0.717, 1.165) is 26.2 Å². The maximum atomic E-state index is 9.43. The smallest absolute Gasteiger partial charge is 0.0609 e. The topological polar surface area (TPSA) is 46.9 Å². The van der Waals surface area contributed by atoms with E-state index in [1.165, 1.54) is 36.9 Å². The van der Waals surface area contributed by atoms with Gasteiger partial charge in [-0.05, 0) is 50.3 Å². The van der Waals surface area contributed by atoms with E-state index in [9.17, 15) is 10.2 Å². The fourth-order valence-corrected chi connectivity index (χ4v) is 4.42. The van der Waals surface area contributed by atoms with Crippen LogP contribution >= 0.6 is 0 Å². The number of nitrogens with zero attached hydrogens (tertiary/aromatic N) is 2. The van der Waals surface area contributed by atoms with Crippen molar-refractivity contribution in [3.63, 3.8) is 0 Å². The average molecular weight is 318 g/mol. The van der Waals surface area contributed by atoms with Crippen molar-refractivity contribution in [2.24, 2.45) is 5.41 Å². The molecule has 2 aliphatic rings. The Morgan fingerprint density at radius 3 is 2.70 bits per heavy atom. The number of aryl methyl sites for hydroxylation is 1. The van der Waals surface area contributed by atoms with E-state index in [1.54, 1.807) is 0 Å². The van der Waals surface area contributed by atoms with Crippen LogP contribution in [0.5, 0.6) is 0 Å². The molecule has 1 unspecified atom stereocenters. The molecule has 0 aromatic heterocycles. The zero-order valence-corrected chi connectivity index (χ0v) is 14.2. The Labute approximate surface area is 139 Å². The molecule has 0 amide bonds. The highest BCUT2D eigenvalue weighted by Gasteiger charge is 2.42. The lowest BCUT2D eigenvalue weighted by atomic mass is 9.79. The van der Waals surface area contributed by atoms with Crippen molar-refractivity contribution < 1.29 is 10.2 Å². The molecule has 128 valence electrons. The highest BCUT2D eigenvalue weighted by Crippen LogP contribution is 2.40. The first-order valence-corrected chi connectivity index (χ1v) is 8.88. The van der Waals surface area contributed by atoms with Gasteiger partial charge in [-0.2, -0.15) is 0 Å². The average Bonchev–Trinajstić information content (AvgIpc) is 2.92. The Hall–Kier alpha value is -0.940. The number of rotatable bonds is 5. The number of likely N-dealkylation sites (tertiary alicyclic amines) is 2. The first-order chi connectivity index (χ1) is 11.1. The van der Waals surface area contributed by atoms with E-state index in [2.05, 4.69) is 41.0 Å². The van der Waals surface area contributed by atoms with Gasteiger partial charge in [0.15, 0.2) is 0 Å². The second kappa shape index (κ2) is 7.31. The standard InChI is InChI=1S/C19H30N2O2/c1-16-4-2-5-17(10-16)11-20-8-3-6-19(14-20)7-9-21(15-19)18(12-22)13-23/h2,4-5,10,18,22-23H,3,6-9,11-15H2,1H3. The van der Waals surface area contributed by atoms with Gasteiger partial charge in [-0.25, -0.2) is 0 Å². The normalized spacial score (nSPS) is 26.4. The molecule has 2 saturated heterocycles. The molecule has 0 saturated carbocycles. The molecule has 0 bridgehead atoms. The fraction of sp³-hybridized carbons (Fsp3) is 0.684. The minimum absolute atomic E-state index is 0.0551. The van der Waals surface area contributed by atoms with E-state index < -0.39 is 0 Å². The van der Waals surface area contributed by atoms with Crippen molar-refractivity contribution in [1.29, 1.82) is 0 Å². The molecule has 0 aliphatic carbocycles. The zero-order chi connectivity index (χ0) is 16.3. The molecular formula is C19H30N2O2. The summed E-state index contributed by atoms with van der Waals surface area (Å²) in [6, 6.07) is 8.73. The molecule has 0 radical (unpaired) electrons. The van der Waals surface area contributed by atoms with E-state index in [1.807, 2.05) is 0 Å². The zero-order valence-electron chi connectivity index (χ0n) is 14.2. The third kappa shape index (κ3) is 3.94. The summed E-state index contributed by atoms with van der Waals surface area (Å²) in [5.41, 5.74) is 3.08. The van der Waals surface area contributed by atoms with Crippen molar-refractivity contribution in [2.75, 3.05) is 39.4 Å². The Morgan fingerprint density at radius 1 is 1.13 bits per heavy atom. The second-order valence-corrected chi connectivity index (χ2v) is 7.54. The molecule has 2 heterocycles. The lowest BCUT2D eigenvalue weighted by molar-refractivity contribution is 0.0556. The summed E-state index contributed by atoms with van der Waals surface area (Å²) in [6.45, 7) is 7.64. The highest BCUT2D eigenvalue weighted by molar-refractivity contribution is 5.22. The van der Waals surface area contributed by atoms with Crippen molar-refractivity contribution in [1.82, 2.24) is 9.80 Å². The Balaban J connectivity index is 1.62. The van der Waals surface area contributed by atoms with Gasteiger partial charge < -0.3 is 10.2 Å². The summed E-state index contributed by atoms with van der Waals surface area (Å²) in [4.78, 5) is 4.88. The molecular weight excluding hydrogens is 288 g/mol. The fourth-order valence-electron chi connectivity index (χ4n) is 4.42. The second-order valence-electron chi connectivity index (χ2n) is 7.54. The molecule has 3 rings (SSSR count). The van der Waals surface area contributed by atoms with Crippen LogP contribution in [-0.4, -0.2) is 65.4 Å². The number of hydrogen-bond acceptors (Lipinski definition) is 4. The third-order valence-corrected chi connectivity index (χ3v) is 5.63. The molecule has 23 heavy (non-hydrogen) atoms. The van der Waals surface area contributed by atoms with Gasteiger partial charge in [0.25, 0.3) is 0 Å². The van der Waals surface area contributed by atoms with Crippen LogP contribution in [0.25, 0.3) is 0 Å². The first-order valence-electron chi connectivity index (χ1n) is 8.88. The molecule has 2 fully saturated rings. The predicted octanol–water partition coefficient (Wildman–Crippen LogP) is 1.64. The molecule has 1 aromatic carbocycles. The Morgan fingerprint density at radius 2 is 1.96 bits per heavy atom. The molecule has 4 heteroatoms. The summed E-state index contributed by atoms with van der Waals surface area (Å²) in [5.74, 6) is 0. The van der Waals surface area contributed by atoms with Crippen molar-refractivity contribution in [3.05, 3.63) is 35.4 Å². The van der Waals surface area contributed by atoms with Gasteiger partial charge in [0.2, 0.25) is 0 Å². The maximum absolute atomic E-state index is 9.43. The molecule has 4 nitrogen and oxygen atoms in total. The van der Waals surface area contributed by atoms with Crippen molar-refractivity contribution in [2.45, 2.75) is 38.8 Å². The molecule has 1 aromatic rings. The molecule has 1 atom stereocenters. The van der Waals surface area contributed by atoms with Gasteiger partial charge in [-0.15, -0.1) is 0 Å². The lowest BCUT2D eigenvalue weighted by Gasteiger charge is -2.41. The van der Waals surface area contributed by atoms with Gasteiger partial charge >= 0.3 is 0 Å². The predicted molar refractivity (Wildman–Crippen MR) is 92.3 cm³/mol. The number of aliphatic hydroxyl groups is 2. The maximum Gasteiger partial charge on any atom is 0.0609 e. The number of aliphatic hydroxyl groups excluding tert-OH is 2. The summed E-state index contributed by atoms with van der Waals surface area (Å²) in [6.07, 6.45) is 3.72. The van der Waals surface area contributed by atoms with Crippen LogP contribution < -0.4 is 0 Å². The van der Waals surface area contributed by atoms with Gasteiger partial charge in [-0.1, -0.05) is 29.8 Å². The lowest BCUT2D eigenvalue weighted by Crippen LogP contribution is -2.46. The molecule has 1 spiro atoms. The van der Waals surface area contributed by atoms with Gasteiger partial charge in [0.05, 0.1) is 19.3 Å². The monoisotopic (exact) mass is 318 g/mol. The van der Waals surface area contributed by atoms with Gasteiger partial charge in [-0.3, -0.25) is 9.80 Å². The van der Waals surface area contributed by atoms with E-state index in [-0.39, 0.29) is 19.3 Å². The minimum atomic E-state index is -0.0819. The van der Waals surface area contributed by atoms with Crippen LogP contribution in [-0.2, 0) is 6.54 Å². The van der Waals surface area contributed by atoms with Gasteiger partial charge in [0.1, 0.15) is 0 Å². The highest BCUT2D eigenvalue weighted by atomic mass is 16.3. The Kier molecular flexibility index (Phi) is 5.37. The Bertz CT molecular complexity index is 518. The molecule has 2 aliphatic heterocycles. The quantitative estimate of drug-likeness (QED) is 0.866. The first kappa shape index (κ1) is 16.9. The SMILES string of the molecule is Cc1cccc(CN2CCCC3(CCN(C(CO)CO)C3)C2)c1. The number of piperidine rings is 1. The van der Waals surface area contributed by atoms with Crippen LogP contribution in [0.3, 0.4) is 0 Å². The summed E-state index contributed by atoms with van der Waals surface area (Å²) in [7, 11) is 0.